The zero-order chi connectivity index (χ0) is 23.3. The Morgan fingerprint density at radius 3 is 1.94 bits per heavy atom. The van der Waals surface area contributed by atoms with Crippen LogP contribution in [0.1, 0.15) is 81.2 Å². The SMILES string of the molecule is O=C(NCc1ccc2c(c1)CCCC2)c1ccccc1C(O)NCc1ccc2c(c1)CCCC2. The van der Waals surface area contributed by atoms with Gasteiger partial charge in [0.05, 0.1) is 0 Å². The highest BCUT2D eigenvalue weighted by Crippen LogP contribution is 2.24. The van der Waals surface area contributed by atoms with Crippen molar-refractivity contribution >= 4 is 5.91 Å². The molecular formula is C30H34N2O2. The zero-order valence-corrected chi connectivity index (χ0v) is 19.8. The maximum atomic E-state index is 13.0. The van der Waals surface area contributed by atoms with Crippen LogP contribution in [-0.2, 0) is 38.8 Å². The number of fused-ring (bicyclic) bond motifs is 2. The summed E-state index contributed by atoms with van der Waals surface area (Å²) < 4.78 is 0. The number of nitrogens with one attached hydrogen (secondary N) is 2. The number of aliphatic hydroxyl groups excluding tert-OH is 1. The predicted octanol–water partition coefficient (Wildman–Crippen LogP) is 5.15. The molecule has 0 bridgehead atoms. The average molecular weight is 455 g/mol. The van der Waals surface area contributed by atoms with Crippen LogP contribution < -0.4 is 10.6 Å². The molecule has 4 heteroatoms. The molecule has 3 aromatic carbocycles. The molecule has 0 aliphatic heterocycles. The maximum absolute atomic E-state index is 13.0. The first kappa shape index (κ1) is 22.8. The highest BCUT2D eigenvalue weighted by molar-refractivity contribution is 5.95. The van der Waals surface area contributed by atoms with Gasteiger partial charge < -0.3 is 10.4 Å². The first-order valence-corrected chi connectivity index (χ1v) is 12.7. The molecule has 176 valence electrons. The second-order valence-electron chi connectivity index (χ2n) is 9.67. The summed E-state index contributed by atoms with van der Waals surface area (Å²) in [5.41, 5.74) is 9.14. The van der Waals surface area contributed by atoms with E-state index in [1.807, 2.05) is 18.2 Å². The summed E-state index contributed by atoms with van der Waals surface area (Å²) in [6.45, 7) is 1.04. The van der Waals surface area contributed by atoms with Gasteiger partial charge in [-0.1, -0.05) is 54.6 Å². The van der Waals surface area contributed by atoms with Crippen LogP contribution >= 0.6 is 0 Å². The van der Waals surface area contributed by atoms with E-state index in [2.05, 4.69) is 47.0 Å². The van der Waals surface area contributed by atoms with Crippen LogP contribution in [0.4, 0.5) is 0 Å². The molecule has 0 spiro atoms. The number of aryl methyl sites for hydroxylation is 4. The molecule has 0 saturated carbocycles. The average Bonchev–Trinajstić information content (AvgIpc) is 2.90. The minimum atomic E-state index is -0.915. The first-order valence-electron chi connectivity index (χ1n) is 12.7. The van der Waals surface area contributed by atoms with Crippen LogP contribution in [0.3, 0.4) is 0 Å². The second kappa shape index (κ2) is 10.5. The number of carbonyl (C=O) groups excluding carboxylic acids is 1. The standard InChI is InChI=1S/C30H34N2O2/c33-29(31-19-21-13-15-23-7-1-3-9-25(23)17-21)27-11-5-6-12-28(27)30(34)32-20-22-14-16-24-8-2-4-10-26(24)18-22/h5-6,11-18,29,31,33H,1-4,7-10,19-20H2,(H,32,34). The van der Waals surface area contributed by atoms with E-state index in [0.717, 1.165) is 30.4 Å². The summed E-state index contributed by atoms with van der Waals surface area (Å²) in [6, 6.07) is 20.5. The summed E-state index contributed by atoms with van der Waals surface area (Å²) in [6.07, 6.45) is 8.71. The number of carbonyl (C=O) groups is 1. The van der Waals surface area contributed by atoms with Gasteiger partial charge in [-0.25, -0.2) is 0 Å². The molecule has 34 heavy (non-hydrogen) atoms. The monoisotopic (exact) mass is 454 g/mol. The molecule has 2 aliphatic rings. The lowest BCUT2D eigenvalue weighted by Crippen LogP contribution is -2.28. The van der Waals surface area contributed by atoms with E-state index in [9.17, 15) is 9.90 Å². The Hall–Kier alpha value is -2.95. The zero-order valence-electron chi connectivity index (χ0n) is 19.8. The molecule has 1 unspecified atom stereocenters. The van der Waals surface area contributed by atoms with E-state index in [1.165, 1.54) is 54.4 Å². The summed E-state index contributed by atoms with van der Waals surface area (Å²) in [7, 11) is 0. The number of hydrogen-bond acceptors (Lipinski definition) is 3. The van der Waals surface area contributed by atoms with Gasteiger partial charge in [0, 0.05) is 24.2 Å². The quantitative estimate of drug-likeness (QED) is 0.433. The Balaban J connectivity index is 1.22. The van der Waals surface area contributed by atoms with Crippen molar-refractivity contribution in [2.45, 2.75) is 70.7 Å². The van der Waals surface area contributed by atoms with Crippen LogP contribution in [0.5, 0.6) is 0 Å². The molecule has 3 N–H and O–H groups in total. The third-order valence-electron chi connectivity index (χ3n) is 7.28. The Labute approximate surface area is 202 Å². The lowest BCUT2D eigenvalue weighted by molar-refractivity contribution is 0.0935. The van der Waals surface area contributed by atoms with Gasteiger partial charge in [0.15, 0.2) is 0 Å². The van der Waals surface area contributed by atoms with E-state index < -0.39 is 6.23 Å². The lowest BCUT2D eigenvalue weighted by atomic mass is 9.90. The smallest absolute Gasteiger partial charge is 0.251 e. The lowest BCUT2D eigenvalue weighted by Gasteiger charge is -2.19. The van der Waals surface area contributed by atoms with Crippen LogP contribution in [0.2, 0.25) is 0 Å². The predicted molar refractivity (Wildman–Crippen MR) is 136 cm³/mol. The van der Waals surface area contributed by atoms with Gasteiger partial charge in [-0.05, 0) is 90.8 Å². The molecule has 0 fully saturated rings. The van der Waals surface area contributed by atoms with E-state index in [4.69, 9.17) is 0 Å². The van der Waals surface area contributed by atoms with Crippen LogP contribution in [0, 0.1) is 0 Å². The van der Waals surface area contributed by atoms with Gasteiger partial charge in [0.25, 0.3) is 5.91 Å². The number of amides is 1. The number of aliphatic hydroxyl groups is 1. The third-order valence-corrected chi connectivity index (χ3v) is 7.28. The Bertz CT molecular complexity index is 1170. The highest BCUT2D eigenvalue weighted by Gasteiger charge is 2.18. The number of rotatable bonds is 7. The molecule has 0 aromatic heterocycles. The van der Waals surface area contributed by atoms with Crippen LogP contribution in [0.15, 0.2) is 60.7 Å². The van der Waals surface area contributed by atoms with Crippen molar-refractivity contribution in [2.24, 2.45) is 0 Å². The van der Waals surface area contributed by atoms with Crippen molar-refractivity contribution < 1.29 is 9.90 Å². The van der Waals surface area contributed by atoms with Crippen molar-refractivity contribution in [2.75, 3.05) is 0 Å². The maximum Gasteiger partial charge on any atom is 0.251 e. The molecule has 1 atom stereocenters. The van der Waals surface area contributed by atoms with Gasteiger partial charge in [0.2, 0.25) is 0 Å². The molecule has 5 rings (SSSR count). The van der Waals surface area contributed by atoms with Crippen molar-refractivity contribution in [1.29, 1.82) is 0 Å². The normalized spacial score (nSPS) is 15.8. The summed E-state index contributed by atoms with van der Waals surface area (Å²) in [5, 5.41) is 17.1. The second-order valence-corrected chi connectivity index (χ2v) is 9.67. The van der Waals surface area contributed by atoms with Crippen molar-refractivity contribution in [3.63, 3.8) is 0 Å². The Morgan fingerprint density at radius 2 is 1.29 bits per heavy atom. The number of benzene rings is 3. The molecule has 0 saturated heterocycles. The molecule has 1 amide bonds. The topological polar surface area (TPSA) is 61.4 Å². The minimum absolute atomic E-state index is 0.164. The van der Waals surface area contributed by atoms with Crippen LogP contribution in [-0.4, -0.2) is 11.0 Å². The van der Waals surface area contributed by atoms with E-state index in [-0.39, 0.29) is 5.91 Å². The van der Waals surface area contributed by atoms with Crippen molar-refractivity contribution in [3.05, 3.63) is 105 Å². The molecule has 3 aromatic rings. The fraction of sp³-hybridized carbons (Fsp3) is 0.367. The molecule has 0 heterocycles. The van der Waals surface area contributed by atoms with E-state index in [0.29, 0.717) is 24.2 Å². The van der Waals surface area contributed by atoms with Gasteiger partial charge in [-0.3, -0.25) is 10.1 Å². The highest BCUT2D eigenvalue weighted by atomic mass is 16.3. The first-order chi connectivity index (χ1) is 16.7. The van der Waals surface area contributed by atoms with E-state index in [1.54, 1.807) is 6.07 Å². The molecule has 4 nitrogen and oxygen atoms in total. The van der Waals surface area contributed by atoms with E-state index >= 15 is 0 Å². The largest absolute Gasteiger partial charge is 0.374 e. The number of hydrogen-bond donors (Lipinski definition) is 3. The van der Waals surface area contributed by atoms with Gasteiger partial charge in [-0.15, -0.1) is 0 Å². The molecule has 0 radical (unpaired) electrons. The molecule has 2 aliphatic carbocycles. The Morgan fingerprint density at radius 1 is 0.735 bits per heavy atom. The fourth-order valence-corrected chi connectivity index (χ4v) is 5.34. The van der Waals surface area contributed by atoms with Gasteiger partial charge in [-0.2, -0.15) is 0 Å². The van der Waals surface area contributed by atoms with Crippen molar-refractivity contribution in [3.8, 4) is 0 Å². The summed E-state index contributed by atoms with van der Waals surface area (Å²) >= 11 is 0. The Kier molecular flexibility index (Phi) is 7.08. The molecular weight excluding hydrogens is 420 g/mol. The minimum Gasteiger partial charge on any atom is -0.374 e. The van der Waals surface area contributed by atoms with Gasteiger partial charge in [0.1, 0.15) is 6.23 Å². The summed E-state index contributed by atoms with van der Waals surface area (Å²) in [4.78, 5) is 13.0. The third kappa shape index (κ3) is 5.24. The van der Waals surface area contributed by atoms with Crippen LogP contribution in [0.25, 0.3) is 0 Å². The summed E-state index contributed by atoms with van der Waals surface area (Å²) in [5.74, 6) is -0.164. The van der Waals surface area contributed by atoms with Crippen molar-refractivity contribution in [1.82, 2.24) is 10.6 Å². The fourth-order valence-electron chi connectivity index (χ4n) is 5.34. The van der Waals surface area contributed by atoms with Gasteiger partial charge >= 0.3 is 0 Å².